The summed E-state index contributed by atoms with van der Waals surface area (Å²) in [4.78, 5) is 0. The van der Waals surface area contributed by atoms with Gasteiger partial charge in [0.25, 0.3) is 0 Å². The van der Waals surface area contributed by atoms with Crippen LogP contribution in [0.3, 0.4) is 0 Å². The summed E-state index contributed by atoms with van der Waals surface area (Å²) in [5.41, 5.74) is 1.49. The number of nitrogens with one attached hydrogen (secondary N) is 1. The third-order valence-corrected chi connectivity index (χ3v) is 2.86. The number of benzene rings is 1. The van der Waals surface area contributed by atoms with Gasteiger partial charge in [-0.2, -0.15) is 5.26 Å². The molecule has 0 amide bonds. The Hall–Kier alpha value is -1.20. The Morgan fingerprint density at radius 3 is 2.76 bits per heavy atom. The second-order valence-corrected chi connectivity index (χ2v) is 5.05. The van der Waals surface area contributed by atoms with Gasteiger partial charge in [0, 0.05) is 11.6 Å². The smallest absolute Gasteiger partial charge is 0.101 e. The largest absolute Gasteiger partial charge is 0.384 e. The van der Waals surface area contributed by atoms with Gasteiger partial charge in [-0.25, -0.2) is 0 Å². The molecule has 0 unspecified atom stereocenters. The molecule has 17 heavy (non-hydrogen) atoms. The van der Waals surface area contributed by atoms with E-state index in [1.54, 1.807) is 12.1 Å². The molecule has 0 aliphatic rings. The van der Waals surface area contributed by atoms with Crippen molar-refractivity contribution >= 4 is 17.3 Å². The van der Waals surface area contributed by atoms with Crippen LogP contribution < -0.4 is 5.32 Å². The van der Waals surface area contributed by atoms with Gasteiger partial charge in [0.05, 0.1) is 11.3 Å². The number of hydrogen-bond donors (Lipinski definition) is 1. The van der Waals surface area contributed by atoms with E-state index in [2.05, 4.69) is 25.2 Å². The lowest BCUT2D eigenvalue weighted by atomic mass is 10.1. The average Bonchev–Trinajstić information content (AvgIpc) is 2.28. The van der Waals surface area contributed by atoms with Crippen molar-refractivity contribution in [2.24, 2.45) is 5.92 Å². The second-order valence-electron chi connectivity index (χ2n) is 4.62. The highest BCUT2D eigenvalue weighted by atomic mass is 35.5. The van der Waals surface area contributed by atoms with Gasteiger partial charge >= 0.3 is 0 Å². The van der Waals surface area contributed by atoms with Crippen LogP contribution in [0, 0.1) is 17.2 Å². The molecule has 0 spiro atoms. The molecule has 0 radical (unpaired) electrons. The lowest BCUT2D eigenvalue weighted by Gasteiger charge is -2.09. The fraction of sp³-hybridized carbons (Fsp3) is 0.500. The predicted octanol–water partition coefficient (Wildman–Crippen LogP) is 4.45. The summed E-state index contributed by atoms with van der Waals surface area (Å²) in [6.45, 7) is 5.36. The van der Waals surface area contributed by atoms with E-state index in [1.165, 1.54) is 12.8 Å². The summed E-state index contributed by atoms with van der Waals surface area (Å²) < 4.78 is 0. The maximum absolute atomic E-state index is 8.95. The molecule has 0 bridgehead atoms. The topological polar surface area (TPSA) is 35.8 Å². The standard InChI is InChI=1S/C14H19ClN2/c1-11(2)5-3-4-8-17-14-9-13(15)7-6-12(14)10-16/h6-7,9,11,17H,3-5,8H2,1-2H3. The van der Waals surface area contributed by atoms with Crippen molar-refractivity contribution < 1.29 is 0 Å². The summed E-state index contributed by atoms with van der Waals surface area (Å²) in [7, 11) is 0. The molecule has 0 fully saturated rings. The molecule has 0 heterocycles. The molecule has 0 atom stereocenters. The monoisotopic (exact) mass is 250 g/mol. The second kappa shape index (κ2) is 7.19. The molecule has 2 nitrogen and oxygen atoms in total. The molecule has 0 aromatic heterocycles. The first-order valence-corrected chi connectivity index (χ1v) is 6.45. The predicted molar refractivity (Wildman–Crippen MR) is 73.3 cm³/mol. The van der Waals surface area contributed by atoms with E-state index in [0.29, 0.717) is 10.6 Å². The highest BCUT2D eigenvalue weighted by Crippen LogP contribution is 2.20. The van der Waals surface area contributed by atoms with Crippen LogP contribution >= 0.6 is 11.6 Å². The van der Waals surface area contributed by atoms with E-state index in [9.17, 15) is 0 Å². The summed E-state index contributed by atoms with van der Waals surface area (Å²) in [5.74, 6) is 0.760. The summed E-state index contributed by atoms with van der Waals surface area (Å²) in [5, 5.41) is 12.9. The highest BCUT2D eigenvalue weighted by molar-refractivity contribution is 6.30. The van der Waals surface area contributed by atoms with Gasteiger partial charge in [-0.05, 0) is 30.5 Å². The molecule has 0 aliphatic carbocycles. The molecule has 1 aromatic rings. The zero-order chi connectivity index (χ0) is 12.7. The summed E-state index contributed by atoms with van der Waals surface area (Å²) >= 11 is 5.91. The zero-order valence-electron chi connectivity index (χ0n) is 10.5. The molecule has 3 heteroatoms. The maximum atomic E-state index is 8.95. The third-order valence-electron chi connectivity index (χ3n) is 2.63. The Balaban J connectivity index is 2.41. The maximum Gasteiger partial charge on any atom is 0.101 e. The van der Waals surface area contributed by atoms with Crippen LogP contribution in [0.4, 0.5) is 5.69 Å². The van der Waals surface area contributed by atoms with E-state index in [0.717, 1.165) is 24.6 Å². The number of rotatable bonds is 6. The number of anilines is 1. The van der Waals surface area contributed by atoms with Crippen molar-refractivity contribution in [3.05, 3.63) is 28.8 Å². The van der Waals surface area contributed by atoms with E-state index >= 15 is 0 Å². The SMILES string of the molecule is CC(C)CCCCNc1cc(Cl)ccc1C#N. The van der Waals surface area contributed by atoms with Gasteiger partial charge < -0.3 is 5.32 Å². The summed E-state index contributed by atoms with van der Waals surface area (Å²) in [6.07, 6.45) is 3.59. The average molecular weight is 251 g/mol. The number of nitrogens with zero attached hydrogens (tertiary/aromatic N) is 1. The minimum Gasteiger partial charge on any atom is -0.384 e. The van der Waals surface area contributed by atoms with Gasteiger partial charge in [0.1, 0.15) is 6.07 Å². The number of unbranched alkanes of at least 4 members (excludes halogenated alkanes) is 1. The summed E-state index contributed by atoms with van der Waals surface area (Å²) in [6, 6.07) is 7.46. The normalized spacial score (nSPS) is 10.3. The van der Waals surface area contributed by atoms with E-state index in [1.807, 2.05) is 6.07 Å². The van der Waals surface area contributed by atoms with Crippen molar-refractivity contribution in [2.45, 2.75) is 33.1 Å². The Bertz CT molecular complexity index is 394. The number of halogens is 1. The molecular formula is C14H19ClN2. The number of nitriles is 1. The quantitative estimate of drug-likeness (QED) is 0.757. The van der Waals surface area contributed by atoms with Crippen LogP contribution in [0.25, 0.3) is 0 Å². The molecule has 1 N–H and O–H groups in total. The Morgan fingerprint density at radius 1 is 1.35 bits per heavy atom. The van der Waals surface area contributed by atoms with Gasteiger partial charge in [0.15, 0.2) is 0 Å². The van der Waals surface area contributed by atoms with E-state index in [-0.39, 0.29) is 0 Å². The van der Waals surface area contributed by atoms with Crippen LogP contribution in [0.2, 0.25) is 5.02 Å². The van der Waals surface area contributed by atoms with Crippen LogP contribution in [-0.4, -0.2) is 6.54 Å². The Labute approximate surface area is 109 Å². The first kappa shape index (κ1) is 13.9. The zero-order valence-corrected chi connectivity index (χ0v) is 11.2. The number of hydrogen-bond acceptors (Lipinski definition) is 2. The molecule has 1 rings (SSSR count). The van der Waals surface area contributed by atoms with Crippen LogP contribution in [-0.2, 0) is 0 Å². The first-order chi connectivity index (χ1) is 8.13. The van der Waals surface area contributed by atoms with Crippen LogP contribution in [0.15, 0.2) is 18.2 Å². The van der Waals surface area contributed by atoms with Crippen molar-refractivity contribution in [3.8, 4) is 6.07 Å². The fourth-order valence-electron chi connectivity index (χ4n) is 1.66. The third kappa shape index (κ3) is 5.10. The molecule has 0 saturated carbocycles. The van der Waals surface area contributed by atoms with Gasteiger partial charge in [-0.1, -0.05) is 38.3 Å². The highest BCUT2D eigenvalue weighted by Gasteiger charge is 2.02. The van der Waals surface area contributed by atoms with E-state index in [4.69, 9.17) is 16.9 Å². The molecule has 1 aromatic carbocycles. The first-order valence-electron chi connectivity index (χ1n) is 6.07. The lowest BCUT2D eigenvalue weighted by molar-refractivity contribution is 0.545. The fourth-order valence-corrected chi connectivity index (χ4v) is 1.83. The van der Waals surface area contributed by atoms with Crippen molar-refractivity contribution in [3.63, 3.8) is 0 Å². The molecular weight excluding hydrogens is 232 g/mol. The van der Waals surface area contributed by atoms with Crippen LogP contribution in [0.5, 0.6) is 0 Å². The Morgan fingerprint density at radius 2 is 2.12 bits per heavy atom. The molecule has 0 aliphatic heterocycles. The van der Waals surface area contributed by atoms with Crippen molar-refractivity contribution in [2.75, 3.05) is 11.9 Å². The van der Waals surface area contributed by atoms with Gasteiger partial charge in [-0.15, -0.1) is 0 Å². The minimum absolute atomic E-state index is 0.651. The van der Waals surface area contributed by atoms with Gasteiger partial charge in [-0.3, -0.25) is 0 Å². The van der Waals surface area contributed by atoms with E-state index < -0.39 is 0 Å². The minimum atomic E-state index is 0.651. The molecule has 92 valence electrons. The van der Waals surface area contributed by atoms with Crippen molar-refractivity contribution in [1.29, 1.82) is 5.26 Å². The van der Waals surface area contributed by atoms with Crippen molar-refractivity contribution in [1.82, 2.24) is 0 Å². The lowest BCUT2D eigenvalue weighted by Crippen LogP contribution is -2.03. The Kier molecular flexibility index (Phi) is 5.86. The van der Waals surface area contributed by atoms with Gasteiger partial charge in [0.2, 0.25) is 0 Å². The molecule has 0 saturated heterocycles. The van der Waals surface area contributed by atoms with Crippen LogP contribution in [0.1, 0.15) is 38.7 Å².